The fraction of sp³-hybridized carbons (Fsp3) is 0.778. The zero-order valence-corrected chi connectivity index (χ0v) is 15.5. The zero-order valence-electron chi connectivity index (χ0n) is 15.5. The third-order valence-electron chi connectivity index (χ3n) is 5.74. The van der Waals surface area contributed by atoms with Gasteiger partial charge in [0.05, 0.1) is 31.6 Å². The number of ether oxygens (including phenoxy) is 1. The second-order valence-electron chi connectivity index (χ2n) is 7.51. The van der Waals surface area contributed by atoms with Crippen molar-refractivity contribution in [3.05, 3.63) is 12.4 Å². The molecule has 0 radical (unpaired) electrons. The molecule has 1 N–H and O–H groups in total. The normalized spacial score (nSPS) is 25.1. The summed E-state index contributed by atoms with van der Waals surface area (Å²) in [6, 6.07) is 0.541. The Morgan fingerprint density at radius 1 is 1.15 bits per heavy atom. The number of amides is 2. The van der Waals surface area contributed by atoms with Crippen LogP contribution in [0.15, 0.2) is 12.4 Å². The topological polar surface area (TPSA) is 65.9 Å². The predicted octanol–water partition coefficient (Wildman–Crippen LogP) is 0.917. The Labute approximate surface area is 155 Å². The number of morpholine rings is 1. The molecule has 0 aromatic carbocycles. The Bertz CT molecular complexity index is 594. The Hall–Kier alpha value is -1.64. The van der Waals surface area contributed by atoms with E-state index in [2.05, 4.69) is 20.2 Å². The van der Waals surface area contributed by atoms with Gasteiger partial charge in [-0.25, -0.2) is 4.79 Å². The van der Waals surface area contributed by atoms with E-state index in [9.17, 15) is 4.79 Å². The first-order valence-corrected chi connectivity index (χ1v) is 9.90. The van der Waals surface area contributed by atoms with Gasteiger partial charge in [-0.1, -0.05) is 0 Å². The first-order chi connectivity index (χ1) is 12.8. The first kappa shape index (κ1) is 17.8. The Balaban J connectivity index is 1.22. The fourth-order valence-corrected chi connectivity index (χ4v) is 4.15. The Morgan fingerprint density at radius 3 is 2.77 bits per heavy atom. The van der Waals surface area contributed by atoms with Crippen molar-refractivity contribution in [3.63, 3.8) is 0 Å². The molecular weight excluding hydrogens is 332 g/mol. The predicted molar refractivity (Wildman–Crippen MR) is 99.3 cm³/mol. The molecule has 1 aromatic rings. The van der Waals surface area contributed by atoms with Crippen LogP contribution >= 0.6 is 0 Å². The number of hydrogen-bond acceptors (Lipinski definition) is 5. The minimum atomic E-state index is -0.000531. The molecule has 1 aromatic heterocycles. The van der Waals surface area contributed by atoms with Crippen LogP contribution in [-0.4, -0.2) is 95.6 Å². The highest BCUT2D eigenvalue weighted by atomic mass is 16.5. The van der Waals surface area contributed by atoms with Gasteiger partial charge in [-0.05, 0) is 32.4 Å². The molecule has 3 fully saturated rings. The van der Waals surface area contributed by atoms with Crippen molar-refractivity contribution >= 4 is 11.7 Å². The minimum Gasteiger partial charge on any atom is -0.379 e. The number of carbonyl (C=O) groups is 1. The summed E-state index contributed by atoms with van der Waals surface area (Å²) in [7, 11) is 0. The molecule has 144 valence electrons. The lowest BCUT2D eigenvalue weighted by Gasteiger charge is -2.26. The molecule has 8 nitrogen and oxygen atoms in total. The van der Waals surface area contributed by atoms with Gasteiger partial charge in [0.25, 0.3) is 0 Å². The molecule has 0 saturated carbocycles. The summed E-state index contributed by atoms with van der Waals surface area (Å²) in [5.41, 5.74) is 0.779. The number of rotatable bonds is 5. The largest absolute Gasteiger partial charge is 0.379 e. The molecule has 4 rings (SSSR count). The van der Waals surface area contributed by atoms with Gasteiger partial charge in [0.2, 0.25) is 0 Å². The molecule has 3 saturated heterocycles. The molecule has 26 heavy (non-hydrogen) atoms. The molecule has 2 amide bonds. The second-order valence-corrected chi connectivity index (χ2v) is 7.51. The summed E-state index contributed by atoms with van der Waals surface area (Å²) in [4.78, 5) is 19.4. The maximum atomic E-state index is 12.5. The van der Waals surface area contributed by atoms with Crippen LogP contribution < -0.4 is 5.32 Å². The number of nitrogens with zero attached hydrogens (tertiary/aromatic N) is 5. The van der Waals surface area contributed by atoms with Crippen molar-refractivity contribution in [1.82, 2.24) is 24.5 Å². The van der Waals surface area contributed by atoms with Crippen LogP contribution in [0, 0.1) is 0 Å². The van der Waals surface area contributed by atoms with Gasteiger partial charge in [0.1, 0.15) is 0 Å². The second kappa shape index (κ2) is 8.37. The maximum absolute atomic E-state index is 12.5. The summed E-state index contributed by atoms with van der Waals surface area (Å²) < 4.78 is 7.27. The molecule has 4 heterocycles. The van der Waals surface area contributed by atoms with E-state index in [1.165, 1.54) is 25.9 Å². The van der Waals surface area contributed by atoms with Crippen LogP contribution in [0.2, 0.25) is 0 Å². The van der Waals surface area contributed by atoms with E-state index in [4.69, 9.17) is 4.74 Å². The van der Waals surface area contributed by atoms with E-state index in [1.54, 1.807) is 6.20 Å². The third kappa shape index (κ3) is 4.36. The highest BCUT2D eigenvalue weighted by Gasteiger charge is 2.31. The zero-order chi connectivity index (χ0) is 17.8. The number of nitrogens with one attached hydrogen (secondary N) is 1. The summed E-state index contributed by atoms with van der Waals surface area (Å²) >= 11 is 0. The summed E-state index contributed by atoms with van der Waals surface area (Å²) in [5.74, 6) is 0. The van der Waals surface area contributed by atoms with Gasteiger partial charge in [-0.2, -0.15) is 5.10 Å². The van der Waals surface area contributed by atoms with Gasteiger partial charge in [-0.3, -0.25) is 14.5 Å². The van der Waals surface area contributed by atoms with Crippen molar-refractivity contribution in [2.24, 2.45) is 0 Å². The number of likely N-dealkylation sites (tertiary alicyclic amines) is 2. The molecule has 3 aliphatic heterocycles. The lowest BCUT2D eigenvalue weighted by molar-refractivity contribution is 0.0360. The van der Waals surface area contributed by atoms with Crippen LogP contribution in [0.25, 0.3) is 0 Å². The van der Waals surface area contributed by atoms with Crippen molar-refractivity contribution in [1.29, 1.82) is 0 Å². The van der Waals surface area contributed by atoms with Crippen molar-refractivity contribution in [2.75, 3.05) is 64.3 Å². The van der Waals surface area contributed by atoms with Crippen molar-refractivity contribution in [2.45, 2.75) is 31.8 Å². The number of urea groups is 1. The molecule has 0 bridgehead atoms. The highest BCUT2D eigenvalue weighted by Crippen LogP contribution is 2.21. The van der Waals surface area contributed by atoms with E-state index in [0.717, 1.165) is 64.6 Å². The number of hydrogen-bond donors (Lipinski definition) is 1. The van der Waals surface area contributed by atoms with Crippen LogP contribution in [0.5, 0.6) is 0 Å². The quantitative estimate of drug-likeness (QED) is 0.844. The smallest absolute Gasteiger partial charge is 0.321 e. The minimum absolute atomic E-state index is 0.000531. The molecule has 3 aliphatic rings. The first-order valence-electron chi connectivity index (χ1n) is 9.90. The molecule has 0 aliphatic carbocycles. The molecular formula is C18H30N6O2. The Kier molecular flexibility index (Phi) is 5.72. The standard InChI is InChI=1S/C18H30N6O2/c25-18(23-6-3-17(15-23)22-4-1-2-5-22)20-16-13-19-24(14-16)8-7-21-9-11-26-12-10-21/h13-14,17H,1-12,15H2,(H,20,25). The highest BCUT2D eigenvalue weighted by molar-refractivity contribution is 5.89. The van der Waals surface area contributed by atoms with Crippen molar-refractivity contribution in [3.8, 4) is 0 Å². The van der Waals surface area contributed by atoms with Crippen LogP contribution in [0.4, 0.5) is 10.5 Å². The summed E-state index contributed by atoms with van der Waals surface area (Å²) in [6.07, 6.45) is 7.35. The van der Waals surface area contributed by atoms with Crippen molar-refractivity contribution < 1.29 is 9.53 Å². The molecule has 1 unspecified atom stereocenters. The summed E-state index contributed by atoms with van der Waals surface area (Å²) in [6.45, 7) is 9.46. The maximum Gasteiger partial charge on any atom is 0.321 e. The SMILES string of the molecule is O=C(Nc1cnn(CCN2CCOCC2)c1)N1CCC(N2CCCC2)C1. The lowest BCUT2D eigenvalue weighted by Crippen LogP contribution is -2.38. The lowest BCUT2D eigenvalue weighted by atomic mass is 10.2. The third-order valence-corrected chi connectivity index (χ3v) is 5.74. The van der Waals surface area contributed by atoms with E-state index in [0.29, 0.717) is 6.04 Å². The fourth-order valence-electron chi connectivity index (χ4n) is 4.15. The van der Waals surface area contributed by atoms with Gasteiger partial charge in [0.15, 0.2) is 0 Å². The Morgan fingerprint density at radius 2 is 1.96 bits per heavy atom. The number of aromatic nitrogens is 2. The van der Waals surface area contributed by atoms with Gasteiger partial charge >= 0.3 is 6.03 Å². The molecule has 8 heteroatoms. The molecule has 1 atom stereocenters. The van der Waals surface area contributed by atoms with Gasteiger partial charge in [0, 0.05) is 45.0 Å². The van der Waals surface area contributed by atoms with E-state index in [1.807, 2.05) is 15.8 Å². The van der Waals surface area contributed by atoms with E-state index >= 15 is 0 Å². The average molecular weight is 362 g/mol. The monoisotopic (exact) mass is 362 g/mol. The number of anilines is 1. The number of carbonyl (C=O) groups excluding carboxylic acids is 1. The molecule has 0 spiro atoms. The van der Waals surface area contributed by atoms with E-state index < -0.39 is 0 Å². The van der Waals surface area contributed by atoms with Gasteiger partial charge in [-0.15, -0.1) is 0 Å². The van der Waals surface area contributed by atoms with Crippen LogP contribution in [0.3, 0.4) is 0 Å². The van der Waals surface area contributed by atoms with E-state index in [-0.39, 0.29) is 6.03 Å². The van der Waals surface area contributed by atoms with Crippen LogP contribution in [-0.2, 0) is 11.3 Å². The van der Waals surface area contributed by atoms with Gasteiger partial charge < -0.3 is 15.0 Å². The summed E-state index contributed by atoms with van der Waals surface area (Å²) in [5, 5.41) is 7.38. The van der Waals surface area contributed by atoms with Crippen LogP contribution in [0.1, 0.15) is 19.3 Å². The average Bonchev–Trinajstić information content (AvgIpc) is 3.41.